The molecule has 0 radical (unpaired) electrons. The van der Waals surface area contributed by atoms with Crippen LogP contribution in [0.15, 0.2) is 22.2 Å². The number of fused-ring (bicyclic) bond motifs is 1. The third-order valence-electron chi connectivity index (χ3n) is 6.39. The Hall–Kier alpha value is -3.40. The summed E-state index contributed by atoms with van der Waals surface area (Å²) in [6.45, 7) is 4.75. The number of aryl methyl sites for hydroxylation is 1. The number of amides is 3. The van der Waals surface area contributed by atoms with Gasteiger partial charge in [-0.15, -0.1) is 23.1 Å². The van der Waals surface area contributed by atoms with Crippen LogP contribution in [0, 0.1) is 12.3 Å². The van der Waals surface area contributed by atoms with Crippen LogP contribution in [0.25, 0.3) is 0 Å². The van der Waals surface area contributed by atoms with E-state index in [2.05, 4.69) is 27.0 Å². The molecule has 0 bridgehead atoms. The third kappa shape index (κ3) is 7.76. The van der Waals surface area contributed by atoms with Crippen molar-refractivity contribution in [2.24, 2.45) is 10.6 Å². The molecule has 22 heteroatoms. The van der Waals surface area contributed by atoms with Crippen LogP contribution in [0.3, 0.4) is 0 Å². The zero-order valence-electron chi connectivity index (χ0n) is 23.3. The van der Waals surface area contributed by atoms with Crippen molar-refractivity contribution >= 4 is 98.3 Å². The van der Waals surface area contributed by atoms with Crippen LogP contribution < -0.4 is 10.6 Å². The minimum absolute atomic E-state index is 0.0370. The summed E-state index contributed by atoms with van der Waals surface area (Å²) in [5.74, 6) is -6.00. The fourth-order valence-electron chi connectivity index (χ4n) is 4.10. The minimum atomic E-state index is -5.21. The lowest BCUT2D eigenvalue weighted by atomic mass is 9.89. The number of rotatable bonds is 13. The number of alkyl halides is 3. The van der Waals surface area contributed by atoms with E-state index in [1.165, 1.54) is 16.3 Å². The van der Waals surface area contributed by atoms with Crippen molar-refractivity contribution in [3.63, 3.8) is 0 Å². The number of nitrogens with one attached hydrogen (secondary N) is 2. The average Bonchev–Trinajstić information content (AvgIpc) is 3.51. The fourth-order valence-corrected chi connectivity index (χ4v) is 9.22. The molecule has 14 nitrogen and oxygen atoms in total. The van der Waals surface area contributed by atoms with Crippen molar-refractivity contribution in [1.82, 2.24) is 20.2 Å². The summed E-state index contributed by atoms with van der Waals surface area (Å²) in [5.41, 5.74) is -1.86. The standard InChI is InChI=1S/C24H22ClF3N6O8S4/c1-3-4-42-33-13(12-15(25)46-21(31-12)32-19(39)24(26,27)28)16(37)30-14-17(38)34-6-23(20(40)41,7-43-18(14)34)8-44-22-29-9(2)10(45-22)5-11(35)36/h3,14,18H,1,4-8H2,2H3,(H,30,37)(H,35,36)(H,40,41)(H,31,32,39)/t14?,18-,23?/m1/s1. The SMILES string of the molecule is C=CCON=C(C(=O)NC1C(=O)N2CC(CSc3nc(C)c(CC(=O)O)s3)(C(=O)O)CS[C@H]12)c1nc(NC(=O)C(F)(F)F)sc1Cl. The maximum absolute atomic E-state index is 13.3. The van der Waals surface area contributed by atoms with Crippen molar-refractivity contribution in [2.45, 2.75) is 35.3 Å². The normalized spacial score (nSPS) is 21.2. The van der Waals surface area contributed by atoms with Crippen LogP contribution in [0.2, 0.25) is 4.34 Å². The molecular formula is C24H22ClF3N6O8S4. The first-order valence-electron chi connectivity index (χ1n) is 12.7. The van der Waals surface area contributed by atoms with E-state index < -0.39 is 69.2 Å². The van der Waals surface area contributed by atoms with E-state index in [0.717, 1.165) is 34.9 Å². The molecule has 2 unspecified atom stereocenters. The van der Waals surface area contributed by atoms with E-state index in [9.17, 15) is 42.3 Å². The maximum atomic E-state index is 13.3. The van der Waals surface area contributed by atoms with Crippen LogP contribution in [0.4, 0.5) is 18.3 Å². The van der Waals surface area contributed by atoms with E-state index >= 15 is 0 Å². The first-order valence-corrected chi connectivity index (χ1v) is 16.7. The molecule has 2 saturated heterocycles. The lowest BCUT2D eigenvalue weighted by Gasteiger charge is -2.53. The number of hydrogen-bond donors (Lipinski definition) is 4. The van der Waals surface area contributed by atoms with Gasteiger partial charge in [0.05, 0.1) is 12.1 Å². The molecule has 2 aliphatic heterocycles. The molecule has 2 aromatic heterocycles. The number of carbonyl (C=O) groups excluding carboxylic acids is 3. The topological polar surface area (TPSA) is 200 Å². The summed E-state index contributed by atoms with van der Waals surface area (Å²) in [4.78, 5) is 76.1. The molecule has 2 fully saturated rings. The van der Waals surface area contributed by atoms with Gasteiger partial charge in [0.25, 0.3) is 5.91 Å². The Labute approximate surface area is 278 Å². The molecule has 2 aromatic rings. The maximum Gasteiger partial charge on any atom is 0.471 e. The molecule has 248 valence electrons. The Morgan fingerprint density at radius 3 is 2.63 bits per heavy atom. The van der Waals surface area contributed by atoms with Gasteiger partial charge in [-0.25, -0.2) is 9.97 Å². The van der Waals surface area contributed by atoms with Gasteiger partial charge >= 0.3 is 24.0 Å². The number of aromatic nitrogens is 2. The number of hydrogen-bond acceptors (Lipinski definition) is 13. The lowest BCUT2D eigenvalue weighted by molar-refractivity contribution is -0.167. The minimum Gasteiger partial charge on any atom is -0.481 e. The van der Waals surface area contributed by atoms with Gasteiger partial charge in [-0.3, -0.25) is 29.3 Å². The molecule has 4 heterocycles. The summed E-state index contributed by atoms with van der Waals surface area (Å²) >= 11 is 9.96. The number of aliphatic carboxylic acids is 2. The van der Waals surface area contributed by atoms with Crippen LogP contribution in [0.5, 0.6) is 0 Å². The highest BCUT2D eigenvalue weighted by Gasteiger charge is 2.57. The summed E-state index contributed by atoms with van der Waals surface area (Å²) in [6.07, 6.45) is -4.13. The van der Waals surface area contributed by atoms with Crippen molar-refractivity contribution in [3.05, 3.63) is 33.3 Å². The fraction of sp³-hybridized carbons (Fsp3) is 0.417. The molecule has 0 aromatic carbocycles. The third-order valence-corrected chi connectivity index (χ3v) is 11.7. The van der Waals surface area contributed by atoms with Crippen molar-refractivity contribution in [2.75, 3.05) is 30.0 Å². The molecule has 0 saturated carbocycles. The predicted octanol–water partition coefficient (Wildman–Crippen LogP) is 2.86. The van der Waals surface area contributed by atoms with Gasteiger partial charge in [0.2, 0.25) is 5.91 Å². The number of thiazole rings is 2. The molecular weight excluding hydrogens is 721 g/mol. The Morgan fingerprint density at radius 1 is 1.28 bits per heavy atom. The van der Waals surface area contributed by atoms with Gasteiger partial charge in [-0.1, -0.05) is 52.5 Å². The number of oxime groups is 1. The van der Waals surface area contributed by atoms with Gasteiger partial charge in [-0.05, 0) is 6.92 Å². The smallest absolute Gasteiger partial charge is 0.471 e. The van der Waals surface area contributed by atoms with Gasteiger partial charge < -0.3 is 25.3 Å². The Kier molecular flexibility index (Phi) is 10.9. The molecule has 2 aliphatic rings. The van der Waals surface area contributed by atoms with E-state index in [1.54, 1.807) is 6.92 Å². The van der Waals surface area contributed by atoms with E-state index in [4.69, 9.17) is 21.5 Å². The van der Waals surface area contributed by atoms with E-state index in [0.29, 0.717) is 26.2 Å². The highest BCUT2D eigenvalue weighted by molar-refractivity contribution is 8.01. The molecule has 0 aliphatic carbocycles. The van der Waals surface area contributed by atoms with E-state index in [1.807, 2.05) is 0 Å². The second kappa shape index (κ2) is 14.2. The molecule has 4 rings (SSSR count). The summed E-state index contributed by atoms with van der Waals surface area (Å²) in [7, 11) is 0. The molecule has 4 N–H and O–H groups in total. The molecule has 3 amide bonds. The van der Waals surface area contributed by atoms with Crippen LogP contribution in [-0.2, 0) is 35.2 Å². The average molecular weight is 743 g/mol. The number of carbonyl (C=O) groups is 5. The first-order chi connectivity index (χ1) is 21.6. The van der Waals surface area contributed by atoms with Gasteiger partial charge in [0, 0.05) is 22.9 Å². The number of carboxylic acids is 2. The summed E-state index contributed by atoms with van der Waals surface area (Å²) in [5, 5.41) is 25.6. The highest BCUT2D eigenvalue weighted by Crippen LogP contribution is 2.45. The second-order valence-electron chi connectivity index (χ2n) is 9.67. The number of anilines is 1. The van der Waals surface area contributed by atoms with Gasteiger partial charge in [-0.2, -0.15) is 13.2 Å². The number of halogens is 4. The number of β-lactam (4-membered cyclic amide) rings is 1. The molecule has 3 atom stereocenters. The van der Waals surface area contributed by atoms with Crippen LogP contribution in [-0.4, -0.2) is 103 Å². The number of nitrogens with zero attached hydrogens (tertiary/aromatic N) is 4. The van der Waals surface area contributed by atoms with Gasteiger partial charge in [0.1, 0.15) is 37.8 Å². The summed E-state index contributed by atoms with van der Waals surface area (Å²) < 4.78 is 38.2. The number of carboxylic acid groups (broad SMARTS) is 2. The monoisotopic (exact) mass is 742 g/mol. The Morgan fingerprint density at radius 2 is 2.00 bits per heavy atom. The summed E-state index contributed by atoms with van der Waals surface area (Å²) in [6, 6.07) is -1.12. The lowest BCUT2D eigenvalue weighted by Crippen LogP contribution is -2.74. The first kappa shape index (κ1) is 35.5. The zero-order chi connectivity index (χ0) is 34.0. The van der Waals surface area contributed by atoms with Crippen molar-refractivity contribution in [3.8, 4) is 0 Å². The Bertz CT molecular complexity index is 1620. The molecule has 0 spiro atoms. The van der Waals surface area contributed by atoms with Crippen LogP contribution in [0.1, 0.15) is 16.3 Å². The molecule has 46 heavy (non-hydrogen) atoms. The zero-order valence-corrected chi connectivity index (χ0v) is 27.3. The predicted molar refractivity (Wildman–Crippen MR) is 163 cm³/mol. The second-order valence-corrected chi connectivity index (χ2v) is 14.7. The quantitative estimate of drug-likeness (QED) is 0.0585. The highest BCUT2D eigenvalue weighted by atomic mass is 35.5. The van der Waals surface area contributed by atoms with Crippen molar-refractivity contribution in [1.29, 1.82) is 0 Å². The van der Waals surface area contributed by atoms with E-state index in [-0.39, 0.29) is 35.4 Å². The largest absolute Gasteiger partial charge is 0.481 e. The Balaban J connectivity index is 1.45. The van der Waals surface area contributed by atoms with Gasteiger partial charge in [0.15, 0.2) is 10.8 Å². The van der Waals surface area contributed by atoms with Crippen LogP contribution >= 0.6 is 57.8 Å². The van der Waals surface area contributed by atoms with Crippen molar-refractivity contribution < 1.29 is 52.2 Å². The number of thioether (sulfide) groups is 2.